The van der Waals surface area contributed by atoms with E-state index in [1.165, 1.54) is 32.2 Å². The van der Waals surface area contributed by atoms with Gasteiger partial charge >= 0.3 is 0 Å². The van der Waals surface area contributed by atoms with Crippen molar-refractivity contribution >= 4 is 0 Å². The Morgan fingerprint density at radius 3 is 1.88 bits per heavy atom. The molecule has 0 aromatic carbocycles. The second kappa shape index (κ2) is 0.766. The van der Waals surface area contributed by atoms with Crippen LogP contribution in [0.2, 0.25) is 0 Å². The topological polar surface area (TPSA) is 12.0 Å². The van der Waals surface area contributed by atoms with E-state index < -0.39 is 0 Å². The molecule has 0 radical (unpaired) electrons. The Hall–Kier alpha value is -0.0400. The van der Waals surface area contributed by atoms with E-state index in [0.29, 0.717) is 0 Å². The second-order valence-corrected chi connectivity index (χ2v) is 3.72. The fourth-order valence-corrected chi connectivity index (χ4v) is 2.23. The highest BCUT2D eigenvalue weighted by Gasteiger charge is 2.71. The maximum absolute atomic E-state index is 3.55. The van der Waals surface area contributed by atoms with E-state index in [1.807, 2.05) is 0 Å². The lowest BCUT2D eigenvalue weighted by Crippen LogP contribution is -2.57. The summed E-state index contributed by atoms with van der Waals surface area (Å²) >= 11 is 0. The van der Waals surface area contributed by atoms with Gasteiger partial charge in [0, 0.05) is 17.5 Å². The van der Waals surface area contributed by atoms with E-state index in [0.717, 1.165) is 11.0 Å². The van der Waals surface area contributed by atoms with Crippen LogP contribution in [0.5, 0.6) is 0 Å². The molecule has 44 valence electrons. The molecular formula is C7H11N. The molecule has 1 N–H and O–H groups in total. The first-order valence-corrected chi connectivity index (χ1v) is 3.62. The highest BCUT2D eigenvalue weighted by atomic mass is 15.2. The van der Waals surface area contributed by atoms with Crippen molar-refractivity contribution in [1.82, 2.24) is 5.32 Å². The molecule has 0 bridgehead atoms. The molecule has 0 unspecified atom stereocenters. The molecule has 3 rings (SSSR count). The maximum Gasteiger partial charge on any atom is 0.0251 e. The van der Waals surface area contributed by atoms with E-state index >= 15 is 0 Å². The van der Waals surface area contributed by atoms with Crippen LogP contribution in [0, 0.1) is 5.41 Å². The summed E-state index contributed by atoms with van der Waals surface area (Å²) in [6.07, 6.45) is 6.01. The summed E-state index contributed by atoms with van der Waals surface area (Å²) in [5.74, 6) is 0. The van der Waals surface area contributed by atoms with Crippen LogP contribution in [0.3, 0.4) is 0 Å². The van der Waals surface area contributed by atoms with Gasteiger partial charge in [-0.05, 0) is 25.7 Å². The normalized spacial score (nSPS) is 42.0. The van der Waals surface area contributed by atoms with E-state index in [1.54, 1.807) is 0 Å². The molecule has 1 saturated heterocycles. The molecule has 3 aliphatic rings. The van der Waals surface area contributed by atoms with Gasteiger partial charge in [-0.1, -0.05) is 0 Å². The first kappa shape index (κ1) is 3.89. The van der Waals surface area contributed by atoms with Crippen LogP contribution in [0.15, 0.2) is 0 Å². The molecule has 1 nitrogen and oxygen atoms in total. The minimum absolute atomic E-state index is 0.729. The van der Waals surface area contributed by atoms with Crippen LogP contribution in [0.1, 0.15) is 25.7 Å². The molecule has 3 fully saturated rings. The zero-order chi connectivity index (χ0) is 5.24. The minimum atomic E-state index is 0.729. The highest BCUT2D eigenvalue weighted by molar-refractivity contribution is 5.28. The van der Waals surface area contributed by atoms with Crippen molar-refractivity contribution in [3.63, 3.8) is 0 Å². The van der Waals surface area contributed by atoms with Gasteiger partial charge in [-0.15, -0.1) is 0 Å². The van der Waals surface area contributed by atoms with Gasteiger partial charge in [0.2, 0.25) is 0 Å². The minimum Gasteiger partial charge on any atom is -0.310 e. The van der Waals surface area contributed by atoms with Crippen LogP contribution >= 0.6 is 0 Å². The van der Waals surface area contributed by atoms with Crippen molar-refractivity contribution in [3.05, 3.63) is 0 Å². The van der Waals surface area contributed by atoms with Gasteiger partial charge in [-0.3, -0.25) is 0 Å². The Labute approximate surface area is 49.5 Å². The smallest absolute Gasteiger partial charge is 0.0251 e. The van der Waals surface area contributed by atoms with Gasteiger partial charge in [-0.25, -0.2) is 0 Å². The molecule has 1 heteroatoms. The van der Waals surface area contributed by atoms with Crippen molar-refractivity contribution in [1.29, 1.82) is 0 Å². The standard InChI is InChI=1S/C7H11N/c1-2-6(1)5-8-7(6)3-4-7/h8H,1-5H2. The molecule has 2 spiro atoms. The molecule has 8 heavy (non-hydrogen) atoms. The summed E-state index contributed by atoms with van der Waals surface area (Å²) in [5, 5.41) is 3.55. The van der Waals surface area contributed by atoms with Gasteiger partial charge in [0.05, 0.1) is 0 Å². The Morgan fingerprint density at radius 2 is 1.75 bits per heavy atom. The Kier molecular flexibility index (Phi) is 0.372. The first-order valence-electron chi connectivity index (χ1n) is 3.62. The Balaban J connectivity index is 2.00. The average Bonchev–Trinajstić information content (AvgIpc) is 2.62. The maximum atomic E-state index is 3.55. The van der Waals surface area contributed by atoms with Crippen molar-refractivity contribution in [3.8, 4) is 0 Å². The molecule has 1 aliphatic heterocycles. The molecule has 0 atom stereocenters. The third-order valence-corrected chi connectivity index (χ3v) is 3.38. The SMILES string of the molecule is C1CC12CNC21CC1. The number of hydrogen-bond acceptors (Lipinski definition) is 1. The fourth-order valence-electron chi connectivity index (χ4n) is 2.23. The van der Waals surface area contributed by atoms with Gasteiger partial charge in [0.15, 0.2) is 0 Å². The van der Waals surface area contributed by atoms with Gasteiger partial charge < -0.3 is 5.32 Å². The number of nitrogens with one attached hydrogen (secondary N) is 1. The van der Waals surface area contributed by atoms with Crippen LogP contribution in [-0.2, 0) is 0 Å². The lowest BCUT2D eigenvalue weighted by atomic mass is 9.85. The van der Waals surface area contributed by atoms with E-state index in [9.17, 15) is 0 Å². The highest BCUT2D eigenvalue weighted by Crippen LogP contribution is 2.68. The predicted molar refractivity (Wildman–Crippen MR) is 31.6 cm³/mol. The first-order chi connectivity index (χ1) is 3.87. The molecule has 0 aromatic rings. The third kappa shape index (κ3) is 0.218. The average molecular weight is 109 g/mol. The van der Waals surface area contributed by atoms with E-state index in [-0.39, 0.29) is 0 Å². The lowest BCUT2D eigenvalue weighted by molar-refractivity contribution is 0.183. The Bertz CT molecular complexity index is 124. The van der Waals surface area contributed by atoms with Crippen LogP contribution in [-0.4, -0.2) is 12.1 Å². The monoisotopic (exact) mass is 109 g/mol. The molecule has 2 aliphatic carbocycles. The summed E-state index contributed by atoms with van der Waals surface area (Å²) in [6.45, 7) is 1.34. The van der Waals surface area contributed by atoms with E-state index in [2.05, 4.69) is 5.32 Å². The third-order valence-electron chi connectivity index (χ3n) is 3.38. The van der Waals surface area contributed by atoms with Crippen LogP contribution in [0.25, 0.3) is 0 Å². The molecular weight excluding hydrogens is 98.1 g/mol. The fraction of sp³-hybridized carbons (Fsp3) is 1.00. The van der Waals surface area contributed by atoms with Crippen molar-refractivity contribution in [2.45, 2.75) is 31.2 Å². The van der Waals surface area contributed by atoms with Gasteiger partial charge in [0.1, 0.15) is 0 Å². The summed E-state index contributed by atoms with van der Waals surface area (Å²) in [4.78, 5) is 0. The molecule has 1 heterocycles. The number of rotatable bonds is 0. The lowest BCUT2D eigenvalue weighted by Gasteiger charge is -2.39. The zero-order valence-electron chi connectivity index (χ0n) is 5.04. The summed E-state index contributed by atoms with van der Waals surface area (Å²) < 4.78 is 0. The van der Waals surface area contributed by atoms with E-state index in [4.69, 9.17) is 0 Å². The quantitative estimate of drug-likeness (QED) is 0.487. The number of hydrogen-bond donors (Lipinski definition) is 1. The van der Waals surface area contributed by atoms with Crippen molar-refractivity contribution in [2.75, 3.05) is 6.54 Å². The van der Waals surface area contributed by atoms with Gasteiger partial charge in [0.25, 0.3) is 0 Å². The largest absolute Gasteiger partial charge is 0.310 e. The van der Waals surface area contributed by atoms with Crippen LogP contribution < -0.4 is 5.32 Å². The van der Waals surface area contributed by atoms with Gasteiger partial charge in [-0.2, -0.15) is 0 Å². The summed E-state index contributed by atoms with van der Waals surface area (Å²) in [7, 11) is 0. The predicted octanol–water partition coefficient (Wildman–Crippen LogP) is 0.902. The molecule has 2 saturated carbocycles. The second-order valence-electron chi connectivity index (χ2n) is 3.72. The Morgan fingerprint density at radius 1 is 1.00 bits per heavy atom. The summed E-state index contributed by atoms with van der Waals surface area (Å²) in [6, 6.07) is 0. The molecule has 0 amide bonds. The zero-order valence-corrected chi connectivity index (χ0v) is 5.04. The summed E-state index contributed by atoms with van der Waals surface area (Å²) in [5.41, 5.74) is 1.60. The number of fused-ring (bicyclic) bond motifs is 1. The molecule has 0 aromatic heterocycles. The van der Waals surface area contributed by atoms with Crippen molar-refractivity contribution in [2.24, 2.45) is 5.41 Å². The van der Waals surface area contributed by atoms with Crippen molar-refractivity contribution < 1.29 is 0 Å². The van der Waals surface area contributed by atoms with Crippen LogP contribution in [0.4, 0.5) is 0 Å².